The molecule has 17 heavy (non-hydrogen) atoms. The summed E-state index contributed by atoms with van der Waals surface area (Å²) < 4.78 is 0. The lowest BCUT2D eigenvalue weighted by Gasteiger charge is -2.16. The Morgan fingerprint density at radius 3 is 2.65 bits per heavy atom. The zero-order valence-electron chi connectivity index (χ0n) is 10.7. The van der Waals surface area contributed by atoms with E-state index in [1.807, 2.05) is 29.7 Å². The maximum absolute atomic E-state index is 4.40. The molecule has 2 aromatic heterocycles. The highest BCUT2D eigenvalue weighted by Gasteiger charge is 2.15. The maximum Gasteiger partial charge on any atom is 0.0801 e. The van der Waals surface area contributed by atoms with Crippen molar-refractivity contribution in [3.05, 3.63) is 41.4 Å². The van der Waals surface area contributed by atoms with Crippen molar-refractivity contribution in [2.45, 2.75) is 33.1 Å². The number of pyridine rings is 1. The van der Waals surface area contributed by atoms with Crippen molar-refractivity contribution in [2.75, 3.05) is 0 Å². The van der Waals surface area contributed by atoms with Crippen LogP contribution in [0.3, 0.4) is 0 Å². The molecule has 0 aliphatic heterocycles. The number of nitrogens with zero attached hydrogens (tertiary/aromatic N) is 1. The van der Waals surface area contributed by atoms with E-state index in [4.69, 9.17) is 0 Å². The standard InChI is InChI=1S/C15H19NS/c1-4-11(2)12(3)14-8-9-15(17-14)13-7-5-6-10-16-13/h5-12H,4H2,1-3H3/t11?,12-/m1/s1. The van der Waals surface area contributed by atoms with Gasteiger partial charge in [-0.3, -0.25) is 4.98 Å². The van der Waals surface area contributed by atoms with Gasteiger partial charge in [-0.15, -0.1) is 11.3 Å². The summed E-state index contributed by atoms with van der Waals surface area (Å²) in [5.41, 5.74) is 1.08. The second-order valence-corrected chi connectivity index (χ2v) is 5.71. The van der Waals surface area contributed by atoms with Gasteiger partial charge in [0.2, 0.25) is 0 Å². The van der Waals surface area contributed by atoms with Crippen LogP contribution >= 0.6 is 11.3 Å². The molecule has 2 heteroatoms. The molecule has 0 spiro atoms. The quantitative estimate of drug-likeness (QED) is 0.742. The summed E-state index contributed by atoms with van der Waals surface area (Å²) in [7, 11) is 0. The van der Waals surface area contributed by atoms with Crippen LogP contribution in [0.15, 0.2) is 36.5 Å². The van der Waals surface area contributed by atoms with E-state index in [1.165, 1.54) is 16.2 Å². The van der Waals surface area contributed by atoms with Crippen molar-refractivity contribution in [1.82, 2.24) is 4.98 Å². The van der Waals surface area contributed by atoms with Gasteiger partial charge in [0.1, 0.15) is 0 Å². The highest BCUT2D eigenvalue weighted by Crippen LogP contribution is 2.35. The highest BCUT2D eigenvalue weighted by atomic mass is 32.1. The molecule has 2 rings (SSSR count). The van der Waals surface area contributed by atoms with Gasteiger partial charge in [0, 0.05) is 11.1 Å². The molecule has 0 amide bonds. The number of hydrogen-bond acceptors (Lipinski definition) is 2. The number of thiophene rings is 1. The Bertz CT molecular complexity index is 461. The third-order valence-electron chi connectivity index (χ3n) is 3.49. The number of aromatic nitrogens is 1. The molecule has 0 saturated carbocycles. The Morgan fingerprint density at radius 2 is 2.00 bits per heavy atom. The summed E-state index contributed by atoms with van der Waals surface area (Å²) in [5.74, 6) is 1.38. The van der Waals surface area contributed by atoms with E-state index >= 15 is 0 Å². The van der Waals surface area contributed by atoms with Crippen LogP contribution in [-0.2, 0) is 0 Å². The Balaban J connectivity index is 2.22. The van der Waals surface area contributed by atoms with Gasteiger partial charge in [-0.05, 0) is 36.1 Å². The van der Waals surface area contributed by atoms with E-state index in [-0.39, 0.29) is 0 Å². The largest absolute Gasteiger partial charge is 0.255 e. The molecule has 0 radical (unpaired) electrons. The van der Waals surface area contributed by atoms with Crippen LogP contribution in [0.25, 0.3) is 10.6 Å². The van der Waals surface area contributed by atoms with Crippen LogP contribution in [0, 0.1) is 5.92 Å². The van der Waals surface area contributed by atoms with E-state index in [0.29, 0.717) is 5.92 Å². The minimum atomic E-state index is 0.641. The molecule has 0 bridgehead atoms. The monoisotopic (exact) mass is 245 g/mol. The van der Waals surface area contributed by atoms with Crippen molar-refractivity contribution in [1.29, 1.82) is 0 Å². The van der Waals surface area contributed by atoms with E-state index in [1.54, 1.807) is 0 Å². The second-order valence-electron chi connectivity index (χ2n) is 4.59. The minimum Gasteiger partial charge on any atom is -0.255 e. The van der Waals surface area contributed by atoms with Gasteiger partial charge in [0.25, 0.3) is 0 Å². The van der Waals surface area contributed by atoms with Crippen LogP contribution in [0.4, 0.5) is 0 Å². The van der Waals surface area contributed by atoms with Crippen molar-refractivity contribution in [2.24, 2.45) is 5.92 Å². The van der Waals surface area contributed by atoms with Gasteiger partial charge in [-0.1, -0.05) is 33.3 Å². The summed E-state index contributed by atoms with van der Waals surface area (Å²) in [5, 5.41) is 0. The molecule has 0 aliphatic rings. The predicted octanol–water partition coefficient (Wildman–Crippen LogP) is 4.96. The molecular weight excluding hydrogens is 226 g/mol. The van der Waals surface area contributed by atoms with E-state index in [0.717, 1.165) is 11.6 Å². The molecule has 0 aliphatic carbocycles. The van der Waals surface area contributed by atoms with Crippen molar-refractivity contribution in [3.8, 4) is 10.6 Å². The smallest absolute Gasteiger partial charge is 0.0801 e. The Labute approximate surface area is 108 Å². The minimum absolute atomic E-state index is 0.641. The van der Waals surface area contributed by atoms with Gasteiger partial charge >= 0.3 is 0 Å². The predicted molar refractivity (Wildman–Crippen MR) is 75.4 cm³/mol. The number of rotatable bonds is 4. The topological polar surface area (TPSA) is 12.9 Å². The van der Waals surface area contributed by atoms with E-state index in [2.05, 4.69) is 44.0 Å². The molecule has 2 aromatic rings. The summed E-state index contributed by atoms with van der Waals surface area (Å²) in [6.07, 6.45) is 3.09. The number of hydrogen-bond donors (Lipinski definition) is 0. The molecular formula is C15H19NS. The lowest BCUT2D eigenvalue weighted by atomic mass is 9.92. The molecule has 0 fully saturated rings. The molecule has 0 aromatic carbocycles. The van der Waals surface area contributed by atoms with Gasteiger partial charge in [0.15, 0.2) is 0 Å². The fourth-order valence-corrected chi connectivity index (χ4v) is 3.05. The van der Waals surface area contributed by atoms with Crippen molar-refractivity contribution in [3.63, 3.8) is 0 Å². The molecule has 2 atom stereocenters. The lowest BCUT2D eigenvalue weighted by molar-refractivity contribution is 0.479. The zero-order valence-corrected chi connectivity index (χ0v) is 11.5. The Morgan fingerprint density at radius 1 is 1.18 bits per heavy atom. The summed E-state index contributed by atoms with van der Waals surface area (Å²) in [4.78, 5) is 7.14. The molecule has 1 unspecified atom stereocenters. The van der Waals surface area contributed by atoms with Crippen LogP contribution < -0.4 is 0 Å². The molecule has 2 heterocycles. The van der Waals surface area contributed by atoms with Crippen LogP contribution in [-0.4, -0.2) is 4.98 Å². The van der Waals surface area contributed by atoms with Crippen molar-refractivity contribution < 1.29 is 0 Å². The Kier molecular flexibility index (Phi) is 3.95. The normalized spacial score (nSPS) is 14.5. The van der Waals surface area contributed by atoms with Gasteiger partial charge in [0.05, 0.1) is 10.6 Å². The zero-order chi connectivity index (χ0) is 12.3. The first-order chi connectivity index (χ1) is 8.22. The van der Waals surface area contributed by atoms with E-state index in [9.17, 15) is 0 Å². The highest BCUT2D eigenvalue weighted by molar-refractivity contribution is 7.15. The average Bonchev–Trinajstić information content (AvgIpc) is 2.87. The molecule has 0 saturated heterocycles. The van der Waals surface area contributed by atoms with Gasteiger partial charge < -0.3 is 0 Å². The molecule has 0 N–H and O–H groups in total. The SMILES string of the molecule is CCC(C)[C@@H](C)c1ccc(-c2ccccn2)s1. The van der Waals surface area contributed by atoms with E-state index < -0.39 is 0 Å². The van der Waals surface area contributed by atoms with Gasteiger partial charge in [-0.2, -0.15) is 0 Å². The Hall–Kier alpha value is -1.15. The fourth-order valence-electron chi connectivity index (χ4n) is 1.88. The third-order valence-corrected chi connectivity index (χ3v) is 4.80. The lowest BCUT2D eigenvalue weighted by Crippen LogP contribution is -2.02. The first-order valence-corrected chi connectivity index (χ1v) is 7.05. The first-order valence-electron chi connectivity index (χ1n) is 6.23. The fraction of sp³-hybridized carbons (Fsp3) is 0.400. The second kappa shape index (κ2) is 5.46. The summed E-state index contributed by atoms with van der Waals surface area (Å²) >= 11 is 1.88. The molecule has 90 valence electrons. The maximum atomic E-state index is 4.40. The average molecular weight is 245 g/mol. The first kappa shape index (κ1) is 12.3. The van der Waals surface area contributed by atoms with Crippen LogP contribution in [0.2, 0.25) is 0 Å². The van der Waals surface area contributed by atoms with Crippen LogP contribution in [0.5, 0.6) is 0 Å². The van der Waals surface area contributed by atoms with Crippen LogP contribution in [0.1, 0.15) is 38.0 Å². The van der Waals surface area contributed by atoms with Crippen molar-refractivity contribution >= 4 is 11.3 Å². The summed E-state index contributed by atoms with van der Waals surface area (Å²) in [6, 6.07) is 10.5. The summed E-state index contributed by atoms with van der Waals surface area (Å²) in [6.45, 7) is 6.90. The molecule has 1 nitrogen and oxygen atoms in total. The third kappa shape index (κ3) is 2.75. The van der Waals surface area contributed by atoms with Gasteiger partial charge in [-0.25, -0.2) is 0 Å².